The number of rotatable bonds is 5. The van der Waals surface area contributed by atoms with Crippen molar-refractivity contribution in [1.82, 2.24) is 9.78 Å². The van der Waals surface area contributed by atoms with E-state index in [1.54, 1.807) is 11.6 Å². The van der Waals surface area contributed by atoms with E-state index < -0.39 is 5.97 Å². The Kier molecular flexibility index (Phi) is 4.68. The third-order valence-electron chi connectivity index (χ3n) is 2.69. The average molecular weight is 337 g/mol. The molecule has 2 rings (SSSR count). The molecule has 0 radical (unpaired) electrons. The Bertz CT molecular complexity index is 623. The minimum absolute atomic E-state index is 0.0321. The van der Waals surface area contributed by atoms with E-state index >= 15 is 0 Å². The lowest BCUT2D eigenvalue weighted by Crippen LogP contribution is -2.09. The monoisotopic (exact) mass is 336 g/mol. The third kappa shape index (κ3) is 2.96. The zero-order valence-corrected chi connectivity index (χ0v) is 12.5. The van der Waals surface area contributed by atoms with Crippen LogP contribution < -0.4 is 0 Å². The van der Waals surface area contributed by atoms with Crippen molar-refractivity contribution in [3.05, 3.63) is 51.8 Å². The molecule has 104 valence electrons. The van der Waals surface area contributed by atoms with Gasteiger partial charge in [-0.2, -0.15) is 5.10 Å². The van der Waals surface area contributed by atoms with Gasteiger partial charge in [-0.25, -0.2) is 4.79 Å². The predicted octanol–water partition coefficient (Wildman–Crippen LogP) is 2.68. The van der Waals surface area contributed by atoms with Crippen molar-refractivity contribution < 1.29 is 14.3 Å². The molecule has 6 heteroatoms. The normalized spacial score (nSPS) is 10.3. The molecule has 5 nitrogen and oxygen atoms in total. The Morgan fingerprint density at radius 2 is 2.10 bits per heavy atom. The molecule has 0 aliphatic rings. The molecule has 20 heavy (non-hydrogen) atoms. The SMILES string of the molecule is CCOC(=O)c1nn(Cc2ccccc2)c(Br)c1C=O. The summed E-state index contributed by atoms with van der Waals surface area (Å²) in [5.74, 6) is -0.595. The number of nitrogens with zero attached hydrogens (tertiary/aromatic N) is 2. The van der Waals surface area contributed by atoms with Crippen LogP contribution in [0.15, 0.2) is 34.9 Å². The third-order valence-corrected chi connectivity index (χ3v) is 3.52. The van der Waals surface area contributed by atoms with Gasteiger partial charge in [0.1, 0.15) is 4.60 Å². The van der Waals surface area contributed by atoms with Gasteiger partial charge in [-0.3, -0.25) is 9.48 Å². The average Bonchev–Trinajstić information content (AvgIpc) is 2.77. The molecule has 0 fully saturated rings. The van der Waals surface area contributed by atoms with Crippen LogP contribution in [0.4, 0.5) is 0 Å². The summed E-state index contributed by atoms with van der Waals surface area (Å²) >= 11 is 3.30. The first-order valence-electron chi connectivity index (χ1n) is 6.10. The topological polar surface area (TPSA) is 61.2 Å². The number of aldehydes is 1. The van der Waals surface area contributed by atoms with Crippen molar-refractivity contribution in [2.24, 2.45) is 0 Å². The largest absolute Gasteiger partial charge is 0.461 e. The van der Waals surface area contributed by atoms with Gasteiger partial charge in [0.05, 0.1) is 18.7 Å². The van der Waals surface area contributed by atoms with Crippen LogP contribution in [0, 0.1) is 0 Å². The highest BCUT2D eigenvalue weighted by Crippen LogP contribution is 2.21. The molecule has 0 unspecified atom stereocenters. The minimum atomic E-state index is -0.595. The van der Waals surface area contributed by atoms with Gasteiger partial charge in [-0.1, -0.05) is 30.3 Å². The van der Waals surface area contributed by atoms with E-state index in [1.165, 1.54) is 0 Å². The van der Waals surface area contributed by atoms with Crippen molar-refractivity contribution in [1.29, 1.82) is 0 Å². The molecule has 0 aliphatic carbocycles. The smallest absolute Gasteiger partial charge is 0.359 e. The number of carbonyl (C=O) groups excluding carboxylic acids is 2. The van der Waals surface area contributed by atoms with Crippen molar-refractivity contribution >= 4 is 28.2 Å². The summed E-state index contributed by atoms with van der Waals surface area (Å²) in [6, 6.07) is 9.64. The number of ether oxygens (including phenoxy) is 1. The molecule has 1 aromatic carbocycles. The molecular formula is C14H13BrN2O3. The molecular weight excluding hydrogens is 324 g/mol. The lowest BCUT2D eigenvalue weighted by Gasteiger charge is -2.03. The maximum absolute atomic E-state index is 11.8. The van der Waals surface area contributed by atoms with Crippen LogP contribution in [0.3, 0.4) is 0 Å². The summed E-state index contributed by atoms with van der Waals surface area (Å²) in [6.07, 6.45) is 0.602. The summed E-state index contributed by atoms with van der Waals surface area (Å²) in [4.78, 5) is 22.9. The highest BCUT2D eigenvalue weighted by atomic mass is 79.9. The highest BCUT2D eigenvalue weighted by molar-refractivity contribution is 9.10. The number of aromatic nitrogens is 2. The number of carbonyl (C=O) groups is 2. The van der Waals surface area contributed by atoms with Crippen LogP contribution in [0.25, 0.3) is 0 Å². The molecule has 0 aliphatic heterocycles. The Balaban J connectivity index is 2.35. The van der Waals surface area contributed by atoms with Crippen molar-refractivity contribution in [3.8, 4) is 0 Å². The number of hydrogen-bond donors (Lipinski definition) is 0. The Labute approximate surface area is 124 Å². The van der Waals surface area contributed by atoms with Crippen LogP contribution in [0.5, 0.6) is 0 Å². The van der Waals surface area contributed by atoms with Crippen molar-refractivity contribution in [2.45, 2.75) is 13.5 Å². The Morgan fingerprint density at radius 3 is 2.70 bits per heavy atom. The molecule has 0 amide bonds. The van der Waals surface area contributed by atoms with Gasteiger partial charge in [-0.15, -0.1) is 0 Å². The van der Waals surface area contributed by atoms with Crippen molar-refractivity contribution in [2.75, 3.05) is 6.61 Å². The van der Waals surface area contributed by atoms with E-state index in [0.717, 1.165) is 5.56 Å². The molecule has 1 aromatic heterocycles. The van der Waals surface area contributed by atoms with Crippen LogP contribution in [0.1, 0.15) is 33.3 Å². The maximum atomic E-state index is 11.8. The lowest BCUT2D eigenvalue weighted by atomic mass is 10.2. The number of halogens is 1. The van der Waals surface area contributed by atoms with Gasteiger partial charge in [-0.05, 0) is 28.4 Å². The summed E-state index contributed by atoms with van der Waals surface area (Å²) in [6.45, 7) is 2.40. The second-order valence-electron chi connectivity index (χ2n) is 4.03. The van der Waals surface area contributed by atoms with E-state index in [2.05, 4.69) is 21.0 Å². The number of esters is 1. The van der Waals surface area contributed by atoms with Crippen molar-refractivity contribution in [3.63, 3.8) is 0 Å². The Hall–Kier alpha value is -1.95. The van der Waals surface area contributed by atoms with Gasteiger partial charge in [0.15, 0.2) is 12.0 Å². The maximum Gasteiger partial charge on any atom is 0.359 e. The fraction of sp³-hybridized carbons (Fsp3) is 0.214. The molecule has 0 bridgehead atoms. The first-order valence-corrected chi connectivity index (χ1v) is 6.89. The zero-order valence-electron chi connectivity index (χ0n) is 10.9. The Morgan fingerprint density at radius 1 is 1.40 bits per heavy atom. The molecule has 0 saturated carbocycles. The fourth-order valence-electron chi connectivity index (χ4n) is 1.77. The van der Waals surface area contributed by atoms with Crippen LogP contribution in [0.2, 0.25) is 0 Å². The number of hydrogen-bond acceptors (Lipinski definition) is 4. The quantitative estimate of drug-likeness (QED) is 0.622. The van der Waals surface area contributed by atoms with E-state index in [4.69, 9.17) is 4.74 Å². The van der Waals surface area contributed by atoms with E-state index in [9.17, 15) is 9.59 Å². The second-order valence-corrected chi connectivity index (χ2v) is 4.79. The highest BCUT2D eigenvalue weighted by Gasteiger charge is 2.22. The minimum Gasteiger partial charge on any atom is -0.461 e. The first kappa shape index (κ1) is 14.5. The van der Waals surface area contributed by atoms with Gasteiger partial charge in [0.25, 0.3) is 0 Å². The molecule has 0 saturated heterocycles. The second kappa shape index (κ2) is 6.47. The van der Waals surface area contributed by atoms with Crippen LogP contribution >= 0.6 is 15.9 Å². The van der Waals surface area contributed by atoms with Gasteiger partial charge in [0.2, 0.25) is 0 Å². The van der Waals surface area contributed by atoms with Crippen LogP contribution in [-0.2, 0) is 11.3 Å². The summed E-state index contributed by atoms with van der Waals surface area (Å²) in [5, 5.41) is 4.16. The van der Waals surface area contributed by atoms with Gasteiger partial charge in [0, 0.05) is 0 Å². The van der Waals surface area contributed by atoms with Crippen LogP contribution in [-0.4, -0.2) is 28.6 Å². The molecule has 2 aromatic rings. The van der Waals surface area contributed by atoms with Gasteiger partial charge >= 0.3 is 5.97 Å². The first-order chi connectivity index (χ1) is 9.67. The summed E-state index contributed by atoms with van der Waals surface area (Å²) in [7, 11) is 0. The predicted molar refractivity (Wildman–Crippen MR) is 76.8 cm³/mol. The van der Waals surface area contributed by atoms with E-state index in [-0.39, 0.29) is 17.9 Å². The molecule has 1 heterocycles. The molecule has 0 N–H and O–H groups in total. The number of benzene rings is 1. The van der Waals surface area contributed by atoms with E-state index in [1.807, 2.05) is 30.3 Å². The zero-order chi connectivity index (χ0) is 14.5. The van der Waals surface area contributed by atoms with E-state index in [0.29, 0.717) is 17.4 Å². The fourth-order valence-corrected chi connectivity index (χ4v) is 2.26. The van der Waals surface area contributed by atoms with Gasteiger partial charge < -0.3 is 4.74 Å². The molecule has 0 atom stereocenters. The lowest BCUT2D eigenvalue weighted by molar-refractivity contribution is 0.0516. The summed E-state index contributed by atoms with van der Waals surface area (Å²) < 4.78 is 6.93. The molecule has 0 spiro atoms. The standard InChI is InChI=1S/C14H13BrN2O3/c1-2-20-14(19)12-11(9-18)13(15)17(16-12)8-10-6-4-3-5-7-10/h3-7,9H,2,8H2,1H3. The summed E-state index contributed by atoms with van der Waals surface area (Å²) in [5.41, 5.74) is 1.26.